The summed E-state index contributed by atoms with van der Waals surface area (Å²) >= 11 is 6.05. The van der Waals surface area contributed by atoms with Crippen LogP contribution in [0.3, 0.4) is 0 Å². The van der Waals surface area contributed by atoms with E-state index in [-0.39, 0.29) is 17.0 Å². The first-order valence-electron chi connectivity index (χ1n) is 8.23. The molecule has 1 saturated carbocycles. The molecule has 1 unspecified atom stereocenters. The molecule has 1 N–H and O–H groups in total. The van der Waals surface area contributed by atoms with Gasteiger partial charge in [-0.3, -0.25) is 4.57 Å². The summed E-state index contributed by atoms with van der Waals surface area (Å²) in [7, 11) is 0. The third-order valence-electron chi connectivity index (χ3n) is 4.99. The molecule has 0 saturated heterocycles. The Balaban J connectivity index is 1.96. The first-order valence-corrected chi connectivity index (χ1v) is 8.61. The minimum absolute atomic E-state index is 0.0832. The standard InChI is InChI=1S/C16H18ClN5O2/c1-2-10-13-12(15(23)24)19-8-21(13)11-7-18-16(17)20-14(11)22(10)9-5-3-4-6-9/h7-10H,2-6H2,1H3,(H,23,24). The third-order valence-corrected chi connectivity index (χ3v) is 5.17. The van der Waals surface area contributed by atoms with E-state index in [1.807, 2.05) is 0 Å². The summed E-state index contributed by atoms with van der Waals surface area (Å²) in [5, 5.41) is 9.74. The van der Waals surface area contributed by atoms with Crippen molar-refractivity contribution < 1.29 is 9.90 Å². The van der Waals surface area contributed by atoms with Gasteiger partial charge in [0.05, 0.1) is 17.9 Å². The van der Waals surface area contributed by atoms with Crippen molar-refractivity contribution >= 4 is 23.4 Å². The summed E-state index contributed by atoms with van der Waals surface area (Å²) in [6.45, 7) is 2.06. The zero-order valence-electron chi connectivity index (χ0n) is 13.3. The maximum atomic E-state index is 11.6. The molecule has 1 aliphatic heterocycles. The number of rotatable bonds is 3. The second-order valence-corrected chi connectivity index (χ2v) is 6.61. The van der Waals surface area contributed by atoms with Gasteiger partial charge < -0.3 is 10.0 Å². The Labute approximate surface area is 144 Å². The van der Waals surface area contributed by atoms with Crippen molar-refractivity contribution in [2.24, 2.45) is 0 Å². The van der Waals surface area contributed by atoms with Gasteiger partial charge in [0.25, 0.3) is 0 Å². The van der Waals surface area contributed by atoms with Crippen LogP contribution in [0.1, 0.15) is 61.3 Å². The molecule has 24 heavy (non-hydrogen) atoms. The smallest absolute Gasteiger partial charge is 0.356 e. The van der Waals surface area contributed by atoms with Crippen molar-refractivity contribution in [1.29, 1.82) is 0 Å². The van der Waals surface area contributed by atoms with Gasteiger partial charge >= 0.3 is 5.97 Å². The molecular weight excluding hydrogens is 330 g/mol. The quantitative estimate of drug-likeness (QED) is 0.858. The number of carboxylic acid groups (broad SMARTS) is 1. The second-order valence-electron chi connectivity index (χ2n) is 6.27. The summed E-state index contributed by atoms with van der Waals surface area (Å²) in [6.07, 6.45) is 8.47. The number of hydrogen-bond donors (Lipinski definition) is 1. The number of nitrogens with zero attached hydrogens (tertiary/aromatic N) is 5. The highest BCUT2D eigenvalue weighted by Crippen LogP contribution is 2.44. The number of hydrogen-bond acceptors (Lipinski definition) is 5. The lowest BCUT2D eigenvalue weighted by Gasteiger charge is -2.41. The average molecular weight is 348 g/mol. The van der Waals surface area contributed by atoms with E-state index in [9.17, 15) is 9.90 Å². The number of imidazole rings is 1. The largest absolute Gasteiger partial charge is 0.476 e. The van der Waals surface area contributed by atoms with Gasteiger partial charge in [0.15, 0.2) is 11.5 Å². The Bertz CT molecular complexity index is 800. The molecule has 2 aliphatic rings. The number of carbonyl (C=O) groups is 1. The van der Waals surface area contributed by atoms with E-state index in [0.717, 1.165) is 30.8 Å². The Morgan fingerprint density at radius 1 is 1.38 bits per heavy atom. The van der Waals surface area contributed by atoms with Crippen molar-refractivity contribution in [3.05, 3.63) is 29.2 Å². The average Bonchev–Trinajstić information content (AvgIpc) is 3.22. The van der Waals surface area contributed by atoms with E-state index in [1.54, 1.807) is 17.1 Å². The Morgan fingerprint density at radius 3 is 2.79 bits per heavy atom. The van der Waals surface area contributed by atoms with Crippen LogP contribution in [0.25, 0.3) is 5.69 Å². The Hall–Kier alpha value is -2.15. The van der Waals surface area contributed by atoms with E-state index in [2.05, 4.69) is 26.8 Å². The fraction of sp³-hybridized carbons (Fsp3) is 0.500. The van der Waals surface area contributed by atoms with Gasteiger partial charge in [-0.25, -0.2) is 14.8 Å². The monoisotopic (exact) mass is 347 g/mol. The third kappa shape index (κ3) is 2.18. The maximum absolute atomic E-state index is 11.6. The van der Waals surface area contributed by atoms with E-state index < -0.39 is 5.97 Å². The number of carboxylic acids is 1. The normalized spacial score (nSPS) is 20.1. The zero-order chi connectivity index (χ0) is 16.8. The molecule has 2 aromatic rings. The van der Waals surface area contributed by atoms with Gasteiger partial charge in [-0.05, 0) is 30.9 Å². The second kappa shape index (κ2) is 5.73. The summed E-state index contributed by atoms with van der Waals surface area (Å²) < 4.78 is 1.80. The van der Waals surface area contributed by atoms with E-state index in [4.69, 9.17) is 11.6 Å². The van der Waals surface area contributed by atoms with Crippen molar-refractivity contribution in [3.8, 4) is 5.69 Å². The number of aromatic nitrogens is 4. The first-order chi connectivity index (χ1) is 11.6. The Kier molecular flexibility index (Phi) is 3.68. The predicted molar refractivity (Wildman–Crippen MR) is 88.9 cm³/mol. The van der Waals surface area contributed by atoms with E-state index in [1.165, 1.54) is 12.8 Å². The number of aromatic carboxylic acids is 1. The predicted octanol–water partition coefficient (Wildman–Crippen LogP) is 3.23. The minimum Gasteiger partial charge on any atom is -0.476 e. The van der Waals surface area contributed by atoms with Crippen molar-refractivity contribution in [2.75, 3.05) is 4.90 Å². The number of fused-ring (bicyclic) bond motifs is 3. The molecule has 126 valence electrons. The van der Waals surface area contributed by atoms with Crippen LogP contribution in [-0.4, -0.2) is 36.6 Å². The molecule has 1 atom stereocenters. The van der Waals surface area contributed by atoms with Crippen LogP contribution in [0.4, 0.5) is 5.82 Å². The maximum Gasteiger partial charge on any atom is 0.356 e. The first kappa shape index (κ1) is 15.4. The summed E-state index contributed by atoms with van der Waals surface area (Å²) in [4.78, 5) is 26.6. The van der Waals surface area contributed by atoms with Gasteiger partial charge in [0, 0.05) is 6.04 Å². The lowest BCUT2D eigenvalue weighted by molar-refractivity contribution is 0.0688. The van der Waals surface area contributed by atoms with Crippen LogP contribution in [-0.2, 0) is 0 Å². The highest BCUT2D eigenvalue weighted by Gasteiger charge is 2.40. The molecule has 0 aromatic carbocycles. The van der Waals surface area contributed by atoms with E-state index >= 15 is 0 Å². The molecule has 0 spiro atoms. The van der Waals surface area contributed by atoms with Crippen LogP contribution in [0.15, 0.2) is 12.5 Å². The van der Waals surface area contributed by atoms with Crippen LogP contribution < -0.4 is 4.90 Å². The highest BCUT2D eigenvalue weighted by atomic mass is 35.5. The lowest BCUT2D eigenvalue weighted by Crippen LogP contribution is -2.42. The summed E-state index contributed by atoms with van der Waals surface area (Å²) in [5.74, 6) is -0.234. The zero-order valence-corrected chi connectivity index (χ0v) is 14.1. The SMILES string of the molecule is CCC1c2c(C(=O)O)ncn2-c2cnc(Cl)nc2N1C1CCCC1. The molecule has 2 aromatic heterocycles. The molecule has 4 rings (SSSR count). The van der Waals surface area contributed by atoms with Gasteiger partial charge in [-0.2, -0.15) is 4.98 Å². The topological polar surface area (TPSA) is 84.1 Å². The van der Waals surface area contributed by atoms with E-state index in [0.29, 0.717) is 11.7 Å². The molecule has 1 aliphatic carbocycles. The number of halogens is 1. The highest BCUT2D eigenvalue weighted by molar-refractivity contribution is 6.28. The van der Waals surface area contributed by atoms with Gasteiger partial charge in [0.1, 0.15) is 12.0 Å². The fourth-order valence-corrected chi connectivity index (χ4v) is 4.15. The van der Waals surface area contributed by atoms with Crippen LogP contribution in [0, 0.1) is 0 Å². The number of anilines is 1. The molecular formula is C16H18ClN5O2. The summed E-state index contributed by atoms with van der Waals surface area (Å²) in [6, 6.07) is 0.255. The van der Waals surface area contributed by atoms with Gasteiger partial charge in [0.2, 0.25) is 5.28 Å². The molecule has 8 heteroatoms. The summed E-state index contributed by atoms with van der Waals surface area (Å²) in [5.41, 5.74) is 1.55. The van der Waals surface area contributed by atoms with Crippen molar-refractivity contribution in [2.45, 2.75) is 51.1 Å². The van der Waals surface area contributed by atoms with Gasteiger partial charge in [-0.1, -0.05) is 19.8 Å². The van der Waals surface area contributed by atoms with Crippen LogP contribution in [0.5, 0.6) is 0 Å². The Morgan fingerprint density at radius 2 is 2.12 bits per heavy atom. The van der Waals surface area contributed by atoms with Crippen LogP contribution >= 0.6 is 11.6 Å². The molecule has 0 amide bonds. The molecule has 0 bridgehead atoms. The van der Waals surface area contributed by atoms with Gasteiger partial charge in [-0.15, -0.1) is 0 Å². The van der Waals surface area contributed by atoms with Crippen molar-refractivity contribution in [1.82, 2.24) is 19.5 Å². The molecule has 0 radical (unpaired) electrons. The molecule has 1 fully saturated rings. The van der Waals surface area contributed by atoms with Crippen molar-refractivity contribution in [3.63, 3.8) is 0 Å². The molecule has 3 heterocycles. The lowest BCUT2D eigenvalue weighted by atomic mass is 10.0. The minimum atomic E-state index is -1.01. The van der Waals surface area contributed by atoms with Crippen LogP contribution in [0.2, 0.25) is 5.28 Å². The molecule has 7 nitrogen and oxygen atoms in total. The fourth-order valence-electron chi connectivity index (χ4n) is 4.02.